The van der Waals surface area contributed by atoms with Crippen molar-refractivity contribution in [2.45, 2.75) is 16.0 Å². The number of hydrogen-bond acceptors (Lipinski definition) is 8. The number of anilines is 2. The number of aromatic nitrogens is 2. The number of fused-ring (bicyclic) bond motifs is 1. The fourth-order valence-electron chi connectivity index (χ4n) is 2.68. The fraction of sp³-hybridized carbons (Fsp3) is 0.263. The van der Waals surface area contributed by atoms with E-state index >= 15 is 0 Å². The SMILES string of the molecule is CNSc1ccc(SCC(F)(F)F)c(Nc2ncnc3cc(OC)c(OC)cc23)c1. The third-order valence-corrected chi connectivity index (χ3v) is 5.79. The van der Waals surface area contributed by atoms with Gasteiger partial charge >= 0.3 is 6.18 Å². The first-order valence-electron chi connectivity index (χ1n) is 8.65. The van der Waals surface area contributed by atoms with Crippen molar-refractivity contribution in [3.05, 3.63) is 36.7 Å². The molecule has 0 saturated carbocycles. The van der Waals surface area contributed by atoms with E-state index in [1.807, 2.05) is 0 Å². The molecule has 0 fully saturated rings. The Morgan fingerprint density at radius 1 is 1.03 bits per heavy atom. The Morgan fingerprint density at radius 3 is 2.43 bits per heavy atom. The summed E-state index contributed by atoms with van der Waals surface area (Å²) in [7, 11) is 4.81. The van der Waals surface area contributed by atoms with Crippen LogP contribution in [-0.2, 0) is 0 Å². The summed E-state index contributed by atoms with van der Waals surface area (Å²) in [6.07, 6.45) is -2.89. The maximum Gasteiger partial charge on any atom is 0.398 e. The standard InChI is InChI=1S/C19H19F3N4O2S2/c1-23-30-11-4-5-17(29-9-19(20,21)22)14(6-11)26-18-12-7-15(27-2)16(28-3)8-13(12)24-10-25-18/h4-8,10,23H,9H2,1-3H3,(H,24,25,26). The van der Waals surface area contributed by atoms with Crippen molar-refractivity contribution < 1.29 is 22.6 Å². The van der Waals surface area contributed by atoms with Crippen LogP contribution in [0.5, 0.6) is 11.5 Å². The molecule has 0 aliphatic heterocycles. The van der Waals surface area contributed by atoms with Crippen molar-refractivity contribution in [2.75, 3.05) is 32.3 Å². The third kappa shape index (κ3) is 5.41. The molecule has 0 aliphatic carbocycles. The molecule has 2 N–H and O–H groups in total. The highest BCUT2D eigenvalue weighted by Crippen LogP contribution is 2.38. The third-order valence-electron chi connectivity index (χ3n) is 3.96. The molecule has 3 rings (SSSR count). The monoisotopic (exact) mass is 456 g/mol. The van der Waals surface area contributed by atoms with E-state index in [-0.39, 0.29) is 0 Å². The Bertz CT molecular complexity index is 1030. The van der Waals surface area contributed by atoms with Gasteiger partial charge in [0.2, 0.25) is 0 Å². The van der Waals surface area contributed by atoms with E-state index in [1.54, 1.807) is 37.4 Å². The molecule has 1 heterocycles. The van der Waals surface area contributed by atoms with Crippen LogP contribution in [0.25, 0.3) is 10.9 Å². The first-order valence-corrected chi connectivity index (χ1v) is 10.5. The lowest BCUT2D eigenvalue weighted by atomic mass is 10.2. The van der Waals surface area contributed by atoms with E-state index in [0.717, 1.165) is 4.90 Å². The van der Waals surface area contributed by atoms with E-state index in [4.69, 9.17) is 9.47 Å². The van der Waals surface area contributed by atoms with Gasteiger partial charge in [-0.25, -0.2) is 9.97 Å². The Morgan fingerprint density at radius 2 is 1.77 bits per heavy atom. The molecule has 0 radical (unpaired) electrons. The van der Waals surface area contributed by atoms with Crippen molar-refractivity contribution >= 4 is 46.1 Å². The van der Waals surface area contributed by atoms with Crippen LogP contribution in [0.1, 0.15) is 0 Å². The summed E-state index contributed by atoms with van der Waals surface area (Å²) in [6.45, 7) is 0. The summed E-state index contributed by atoms with van der Waals surface area (Å²) in [5.74, 6) is 0.467. The van der Waals surface area contributed by atoms with Gasteiger partial charge in [-0.3, -0.25) is 4.72 Å². The minimum absolute atomic E-state index is 0.446. The van der Waals surface area contributed by atoms with Gasteiger partial charge in [-0.1, -0.05) is 0 Å². The Balaban J connectivity index is 2.03. The van der Waals surface area contributed by atoms with Crippen LogP contribution in [0.15, 0.2) is 46.5 Å². The molecular weight excluding hydrogens is 437 g/mol. The van der Waals surface area contributed by atoms with Gasteiger partial charge in [0, 0.05) is 21.2 Å². The largest absolute Gasteiger partial charge is 0.493 e. The molecule has 1 aromatic heterocycles. The zero-order valence-electron chi connectivity index (χ0n) is 16.3. The number of nitrogens with zero attached hydrogens (tertiary/aromatic N) is 2. The maximum absolute atomic E-state index is 12.8. The predicted octanol–water partition coefficient (Wildman–Crippen LogP) is 5.27. The van der Waals surface area contributed by atoms with Crippen LogP contribution in [0.4, 0.5) is 24.7 Å². The average Bonchev–Trinajstić information content (AvgIpc) is 2.72. The lowest BCUT2D eigenvalue weighted by Crippen LogP contribution is -2.10. The van der Waals surface area contributed by atoms with Crippen molar-refractivity contribution in [3.8, 4) is 11.5 Å². The summed E-state index contributed by atoms with van der Waals surface area (Å²) in [6, 6.07) is 8.63. The fourth-order valence-corrected chi connectivity index (χ4v) is 3.98. The highest BCUT2D eigenvalue weighted by molar-refractivity contribution is 7.99. The molecule has 6 nitrogen and oxygen atoms in total. The highest BCUT2D eigenvalue weighted by atomic mass is 32.2. The minimum Gasteiger partial charge on any atom is -0.493 e. The molecule has 0 aliphatic rings. The first kappa shape index (κ1) is 22.3. The zero-order chi connectivity index (χ0) is 21.7. The van der Waals surface area contributed by atoms with Gasteiger partial charge in [0.25, 0.3) is 0 Å². The molecule has 0 amide bonds. The number of benzene rings is 2. The molecule has 30 heavy (non-hydrogen) atoms. The van der Waals surface area contributed by atoms with Crippen LogP contribution in [0.3, 0.4) is 0 Å². The van der Waals surface area contributed by atoms with Crippen molar-refractivity contribution in [3.63, 3.8) is 0 Å². The Labute approximate surface area is 180 Å². The van der Waals surface area contributed by atoms with Gasteiger partial charge in [0.05, 0.1) is 31.2 Å². The molecule has 11 heteroatoms. The van der Waals surface area contributed by atoms with E-state index in [0.29, 0.717) is 50.6 Å². The number of halogens is 3. The molecule has 0 saturated heterocycles. The van der Waals surface area contributed by atoms with Gasteiger partial charge in [-0.2, -0.15) is 13.2 Å². The van der Waals surface area contributed by atoms with E-state index in [2.05, 4.69) is 20.0 Å². The number of alkyl halides is 3. The van der Waals surface area contributed by atoms with Crippen LogP contribution in [0.2, 0.25) is 0 Å². The van der Waals surface area contributed by atoms with Gasteiger partial charge in [-0.15, -0.1) is 11.8 Å². The number of hydrogen-bond donors (Lipinski definition) is 2. The predicted molar refractivity (Wildman–Crippen MR) is 114 cm³/mol. The van der Waals surface area contributed by atoms with Gasteiger partial charge < -0.3 is 14.8 Å². The molecule has 0 spiro atoms. The van der Waals surface area contributed by atoms with Crippen LogP contribution in [-0.4, -0.2) is 43.2 Å². The number of methoxy groups -OCH3 is 2. The summed E-state index contributed by atoms with van der Waals surface area (Å²) in [5.41, 5.74) is 1.12. The normalized spacial score (nSPS) is 11.5. The molecule has 0 unspecified atom stereocenters. The zero-order valence-corrected chi connectivity index (χ0v) is 18.0. The first-order chi connectivity index (χ1) is 14.3. The van der Waals surface area contributed by atoms with Crippen molar-refractivity contribution in [1.82, 2.24) is 14.7 Å². The second-order valence-corrected chi connectivity index (χ2v) is 8.04. The number of thioether (sulfide) groups is 1. The topological polar surface area (TPSA) is 68.3 Å². The summed E-state index contributed by atoms with van der Waals surface area (Å²) in [4.78, 5) is 9.84. The Kier molecular flexibility index (Phi) is 7.16. The lowest BCUT2D eigenvalue weighted by Gasteiger charge is -2.16. The molecule has 160 valence electrons. The summed E-state index contributed by atoms with van der Waals surface area (Å²) in [5, 5.41) is 3.81. The number of rotatable bonds is 8. The van der Waals surface area contributed by atoms with E-state index < -0.39 is 11.9 Å². The van der Waals surface area contributed by atoms with Gasteiger partial charge in [-0.05, 0) is 43.3 Å². The lowest BCUT2D eigenvalue weighted by molar-refractivity contribution is -0.105. The van der Waals surface area contributed by atoms with Gasteiger partial charge in [0.1, 0.15) is 12.1 Å². The van der Waals surface area contributed by atoms with Crippen molar-refractivity contribution in [2.24, 2.45) is 0 Å². The van der Waals surface area contributed by atoms with E-state index in [9.17, 15) is 13.2 Å². The van der Waals surface area contributed by atoms with Gasteiger partial charge in [0.15, 0.2) is 11.5 Å². The second kappa shape index (κ2) is 9.63. The quantitative estimate of drug-likeness (QED) is 0.351. The maximum atomic E-state index is 12.8. The molecule has 0 bridgehead atoms. The van der Waals surface area contributed by atoms with Crippen LogP contribution >= 0.6 is 23.7 Å². The minimum atomic E-state index is -4.27. The average molecular weight is 457 g/mol. The number of nitrogens with one attached hydrogen (secondary N) is 2. The molecule has 3 aromatic rings. The Hall–Kier alpha value is -2.37. The van der Waals surface area contributed by atoms with Crippen LogP contribution < -0.4 is 19.5 Å². The highest BCUT2D eigenvalue weighted by Gasteiger charge is 2.28. The molecule has 0 atom stereocenters. The summed E-state index contributed by atoms with van der Waals surface area (Å²) >= 11 is 2.07. The molecular formula is C19H19F3N4O2S2. The van der Waals surface area contributed by atoms with Crippen LogP contribution in [0, 0.1) is 0 Å². The summed E-state index contributed by atoms with van der Waals surface area (Å²) < 4.78 is 51.9. The number of ether oxygens (including phenoxy) is 2. The smallest absolute Gasteiger partial charge is 0.398 e. The van der Waals surface area contributed by atoms with Crippen molar-refractivity contribution in [1.29, 1.82) is 0 Å². The molecule has 2 aromatic carbocycles. The second-order valence-electron chi connectivity index (χ2n) is 5.94. The van der Waals surface area contributed by atoms with E-state index in [1.165, 1.54) is 32.5 Å².